The number of carbonyl (C=O) groups is 2. The molecule has 0 unspecified atom stereocenters. The van der Waals surface area contributed by atoms with Crippen molar-refractivity contribution in [3.8, 4) is 0 Å². The predicted octanol–water partition coefficient (Wildman–Crippen LogP) is 4.01. The minimum atomic E-state index is 0.249. The lowest BCUT2D eigenvalue weighted by Gasteiger charge is -2.00. The molecule has 0 heterocycles. The van der Waals surface area contributed by atoms with E-state index in [-0.39, 0.29) is 5.78 Å². The van der Waals surface area contributed by atoms with Crippen molar-refractivity contribution >= 4 is 12.1 Å². The maximum absolute atomic E-state index is 10.8. The lowest BCUT2D eigenvalue weighted by Crippen LogP contribution is -1.87. The third-order valence-electron chi connectivity index (χ3n) is 2.68. The van der Waals surface area contributed by atoms with Gasteiger partial charge in [-0.3, -0.25) is 0 Å². The van der Waals surface area contributed by atoms with Crippen LogP contribution in [0, 0.1) is 0 Å². The van der Waals surface area contributed by atoms with Gasteiger partial charge in [0.15, 0.2) is 0 Å². The van der Waals surface area contributed by atoms with Crippen LogP contribution in [-0.4, -0.2) is 12.1 Å². The fraction of sp³-hybridized carbons (Fsp3) is 0.600. The van der Waals surface area contributed by atoms with Crippen LogP contribution in [0.1, 0.15) is 59.3 Å². The summed E-state index contributed by atoms with van der Waals surface area (Å²) in [5.74, 6) is 0.249. The molecule has 0 aliphatic carbocycles. The highest BCUT2D eigenvalue weighted by molar-refractivity contribution is 5.75. The number of aldehydes is 1. The van der Waals surface area contributed by atoms with Crippen LogP contribution in [0.15, 0.2) is 23.3 Å². The van der Waals surface area contributed by atoms with E-state index < -0.39 is 0 Å². The van der Waals surface area contributed by atoms with Gasteiger partial charge in [-0.1, -0.05) is 23.3 Å². The molecule has 0 atom stereocenters. The minimum absolute atomic E-state index is 0.249. The summed E-state index contributed by atoms with van der Waals surface area (Å²) in [7, 11) is 0. The zero-order valence-corrected chi connectivity index (χ0v) is 11.3. The highest BCUT2D eigenvalue weighted by Crippen LogP contribution is 2.10. The number of allylic oxidation sites excluding steroid dienone is 4. The predicted molar refractivity (Wildman–Crippen MR) is 72.0 cm³/mol. The number of hydrogen-bond acceptors (Lipinski definition) is 2. The van der Waals surface area contributed by atoms with E-state index in [4.69, 9.17) is 0 Å². The first-order valence-electron chi connectivity index (χ1n) is 6.30. The van der Waals surface area contributed by atoms with E-state index >= 15 is 0 Å². The number of carbonyl (C=O) groups excluding carboxylic acids is 2. The second-order valence-electron chi connectivity index (χ2n) is 4.59. The first-order chi connectivity index (χ1) is 8.06. The zero-order chi connectivity index (χ0) is 13.1. The van der Waals surface area contributed by atoms with Crippen LogP contribution in [-0.2, 0) is 9.59 Å². The molecule has 0 aromatic heterocycles. The summed E-state index contributed by atoms with van der Waals surface area (Å²) < 4.78 is 0. The van der Waals surface area contributed by atoms with E-state index in [1.54, 1.807) is 6.92 Å². The molecule has 0 amide bonds. The Labute approximate surface area is 105 Å². The molecule has 0 bridgehead atoms. The first kappa shape index (κ1) is 15.8. The molecule has 2 nitrogen and oxygen atoms in total. The van der Waals surface area contributed by atoms with E-state index in [9.17, 15) is 9.59 Å². The van der Waals surface area contributed by atoms with Crippen molar-refractivity contribution in [3.63, 3.8) is 0 Å². The Hall–Kier alpha value is -1.18. The molecule has 0 radical (unpaired) electrons. The van der Waals surface area contributed by atoms with Gasteiger partial charge in [0.2, 0.25) is 0 Å². The molecular formula is C15H24O2. The van der Waals surface area contributed by atoms with Gasteiger partial charge < -0.3 is 9.59 Å². The van der Waals surface area contributed by atoms with Crippen LogP contribution in [0.5, 0.6) is 0 Å². The Morgan fingerprint density at radius 2 is 1.29 bits per heavy atom. The quantitative estimate of drug-likeness (QED) is 0.448. The van der Waals surface area contributed by atoms with Gasteiger partial charge in [-0.05, 0) is 46.5 Å². The molecule has 0 fully saturated rings. The van der Waals surface area contributed by atoms with Crippen LogP contribution in [0.4, 0.5) is 0 Å². The normalized spacial score (nSPS) is 12.6. The van der Waals surface area contributed by atoms with Gasteiger partial charge >= 0.3 is 0 Å². The standard InChI is InChI=1S/C15H24O2/c1-13(9-5-11-15(3)17)7-4-8-14(2)10-6-12-16/h8-9,12H,4-7,10-11H2,1-3H3. The highest BCUT2D eigenvalue weighted by Gasteiger charge is 1.93. The van der Waals surface area contributed by atoms with Crippen molar-refractivity contribution in [1.82, 2.24) is 0 Å². The molecule has 0 N–H and O–H groups in total. The Bertz CT molecular complexity index is 298. The van der Waals surface area contributed by atoms with Crippen molar-refractivity contribution in [2.45, 2.75) is 59.3 Å². The van der Waals surface area contributed by atoms with E-state index in [1.165, 1.54) is 11.1 Å². The van der Waals surface area contributed by atoms with Gasteiger partial charge in [-0.25, -0.2) is 0 Å². The Kier molecular flexibility index (Phi) is 9.31. The van der Waals surface area contributed by atoms with E-state index in [2.05, 4.69) is 26.0 Å². The van der Waals surface area contributed by atoms with Crippen molar-refractivity contribution in [2.24, 2.45) is 0 Å². The molecule has 0 aliphatic heterocycles. The van der Waals surface area contributed by atoms with Crippen molar-refractivity contribution in [1.29, 1.82) is 0 Å². The summed E-state index contributed by atoms with van der Waals surface area (Å²) in [6.45, 7) is 5.80. The van der Waals surface area contributed by atoms with Crippen LogP contribution < -0.4 is 0 Å². The second kappa shape index (κ2) is 10.0. The minimum Gasteiger partial charge on any atom is -0.303 e. The molecule has 0 rings (SSSR count). The van der Waals surface area contributed by atoms with Gasteiger partial charge in [0, 0.05) is 12.8 Å². The lowest BCUT2D eigenvalue weighted by molar-refractivity contribution is -0.117. The fourth-order valence-electron chi connectivity index (χ4n) is 1.56. The molecule has 0 spiro atoms. The zero-order valence-electron chi connectivity index (χ0n) is 11.3. The SMILES string of the molecule is CC(=O)CCC=C(C)CCC=C(C)CCC=O. The smallest absolute Gasteiger partial charge is 0.130 e. The van der Waals surface area contributed by atoms with E-state index in [0.717, 1.165) is 32.0 Å². The Balaban J connectivity index is 3.78. The van der Waals surface area contributed by atoms with Gasteiger partial charge in [0.25, 0.3) is 0 Å². The molecule has 2 heteroatoms. The van der Waals surface area contributed by atoms with E-state index in [1.807, 2.05) is 0 Å². The maximum atomic E-state index is 10.8. The van der Waals surface area contributed by atoms with Crippen LogP contribution in [0.3, 0.4) is 0 Å². The fourth-order valence-corrected chi connectivity index (χ4v) is 1.56. The van der Waals surface area contributed by atoms with Crippen LogP contribution in [0.25, 0.3) is 0 Å². The summed E-state index contributed by atoms with van der Waals surface area (Å²) >= 11 is 0. The first-order valence-corrected chi connectivity index (χ1v) is 6.30. The summed E-state index contributed by atoms with van der Waals surface area (Å²) in [5, 5.41) is 0. The number of rotatable bonds is 9. The molecule has 96 valence electrons. The average molecular weight is 236 g/mol. The molecule has 0 saturated heterocycles. The summed E-state index contributed by atoms with van der Waals surface area (Å²) in [6, 6.07) is 0. The lowest BCUT2D eigenvalue weighted by atomic mass is 10.1. The third-order valence-corrected chi connectivity index (χ3v) is 2.68. The van der Waals surface area contributed by atoms with Gasteiger partial charge in [-0.15, -0.1) is 0 Å². The van der Waals surface area contributed by atoms with Crippen molar-refractivity contribution in [2.75, 3.05) is 0 Å². The Morgan fingerprint density at radius 1 is 0.824 bits per heavy atom. The van der Waals surface area contributed by atoms with Crippen molar-refractivity contribution < 1.29 is 9.59 Å². The Morgan fingerprint density at radius 3 is 1.76 bits per heavy atom. The summed E-state index contributed by atoms with van der Waals surface area (Å²) in [4.78, 5) is 21.0. The largest absolute Gasteiger partial charge is 0.303 e. The molecule has 0 aliphatic rings. The second-order valence-corrected chi connectivity index (χ2v) is 4.59. The monoisotopic (exact) mass is 236 g/mol. The van der Waals surface area contributed by atoms with Gasteiger partial charge in [0.1, 0.15) is 12.1 Å². The molecule has 0 aromatic rings. The summed E-state index contributed by atoms with van der Waals surface area (Å²) in [5.41, 5.74) is 2.62. The van der Waals surface area contributed by atoms with Crippen LogP contribution in [0.2, 0.25) is 0 Å². The van der Waals surface area contributed by atoms with Crippen molar-refractivity contribution in [3.05, 3.63) is 23.3 Å². The van der Waals surface area contributed by atoms with Crippen LogP contribution >= 0.6 is 0 Å². The summed E-state index contributed by atoms with van der Waals surface area (Å²) in [6.07, 6.45) is 10.4. The third kappa shape index (κ3) is 11.1. The highest BCUT2D eigenvalue weighted by atomic mass is 16.1. The van der Waals surface area contributed by atoms with Gasteiger partial charge in [-0.2, -0.15) is 0 Å². The number of Topliss-reactive ketones (excluding diaryl/α,β-unsaturated/α-hetero) is 1. The number of ketones is 1. The average Bonchev–Trinajstić information content (AvgIpc) is 2.25. The number of hydrogen-bond donors (Lipinski definition) is 0. The van der Waals surface area contributed by atoms with Gasteiger partial charge in [0.05, 0.1) is 0 Å². The molecular weight excluding hydrogens is 212 g/mol. The topological polar surface area (TPSA) is 34.1 Å². The van der Waals surface area contributed by atoms with E-state index in [0.29, 0.717) is 12.8 Å². The molecule has 0 aromatic carbocycles. The maximum Gasteiger partial charge on any atom is 0.130 e. The molecule has 17 heavy (non-hydrogen) atoms. The molecule has 0 saturated carbocycles.